The number of rotatable bonds is 4. The van der Waals surface area contributed by atoms with Gasteiger partial charge in [0, 0.05) is 13.2 Å². The first kappa shape index (κ1) is 12.6. The molecule has 0 unspecified atom stereocenters. The zero-order valence-corrected chi connectivity index (χ0v) is 9.08. The molecule has 2 amide bonds. The first-order valence-electron chi connectivity index (χ1n) is 4.65. The van der Waals surface area contributed by atoms with Crippen molar-refractivity contribution in [1.82, 2.24) is 9.88 Å². The zero-order chi connectivity index (χ0) is 13.0. The molecule has 0 aromatic carbocycles. The Morgan fingerprint density at radius 2 is 2.12 bits per heavy atom. The molecule has 0 spiro atoms. The number of pyridine rings is 1. The van der Waals surface area contributed by atoms with Crippen molar-refractivity contribution in [3.63, 3.8) is 0 Å². The summed E-state index contributed by atoms with van der Waals surface area (Å²) in [5.41, 5.74) is 4.50. The van der Waals surface area contributed by atoms with Crippen molar-refractivity contribution in [2.45, 2.75) is 0 Å². The van der Waals surface area contributed by atoms with Gasteiger partial charge in [0.25, 0.3) is 5.91 Å². The molecule has 1 aromatic heterocycles. The molecule has 0 fully saturated rings. The van der Waals surface area contributed by atoms with Crippen LogP contribution in [-0.4, -0.2) is 46.4 Å². The van der Waals surface area contributed by atoms with E-state index in [9.17, 15) is 14.4 Å². The first-order valence-corrected chi connectivity index (χ1v) is 4.65. The van der Waals surface area contributed by atoms with Gasteiger partial charge in [0.1, 0.15) is 5.69 Å². The van der Waals surface area contributed by atoms with Crippen LogP contribution in [0, 0.1) is 0 Å². The monoisotopic (exact) mass is 237 g/mol. The van der Waals surface area contributed by atoms with Gasteiger partial charge in [-0.1, -0.05) is 0 Å². The molecule has 0 saturated heterocycles. The third-order valence-corrected chi connectivity index (χ3v) is 1.98. The van der Waals surface area contributed by atoms with Gasteiger partial charge in [0.15, 0.2) is 0 Å². The van der Waals surface area contributed by atoms with Gasteiger partial charge in [0.2, 0.25) is 5.91 Å². The number of aromatic carboxylic acids is 1. The van der Waals surface area contributed by atoms with Crippen molar-refractivity contribution in [3.8, 4) is 0 Å². The van der Waals surface area contributed by atoms with Gasteiger partial charge < -0.3 is 15.7 Å². The topological polar surface area (TPSA) is 114 Å². The van der Waals surface area contributed by atoms with Gasteiger partial charge in [-0.3, -0.25) is 14.6 Å². The highest BCUT2D eigenvalue weighted by atomic mass is 16.4. The number of aromatic nitrogens is 1. The molecule has 7 heteroatoms. The number of hydrogen-bond acceptors (Lipinski definition) is 4. The standard InChI is InChI=1S/C10H11N3O4/c1-13(5-7(11)14)9(15)8-6(10(16)17)3-2-4-12-8/h2-4H,5H2,1H3,(H2,11,14)(H,16,17). The van der Waals surface area contributed by atoms with Gasteiger partial charge in [-0.15, -0.1) is 0 Å². The molecule has 0 saturated carbocycles. The number of nitrogens with two attached hydrogens (primary N) is 1. The first-order chi connectivity index (χ1) is 7.93. The average molecular weight is 237 g/mol. The molecule has 3 N–H and O–H groups in total. The molecule has 0 radical (unpaired) electrons. The van der Waals surface area contributed by atoms with Crippen LogP contribution >= 0.6 is 0 Å². The Bertz CT molecular complexity index is 472. The lowest BCUT2D eigenvalue weighted by atomic mass is 10.2. The minimum Gasteiger partial charge on any atom is -0.478 e. The van der Waals surface area contributed by atoms with Gasteiger partial charge >= 0.3 is 5.97 Å². The predicted octanol–water partition coefficient (Wildman–Crippen LogP) is -0.663. The number of hydrogen-bond donors (Lipinski definition) is 2. The van der Waals surface area contributed by atoms with Crippen molar-refractivity contribution in [1.29, 1.82) is 0 Å². The summed E-state index contributed by atoms with van der Waals surface area (Å²) in [5, 5.41) is 8.88. The van der Waals surface area contributed by atoms with Crippen LogP contribution in [0.5, 0.6) is 0 Å². The molecule has 0 bridgehead atoms. The lowest BCUT2D eigenvalue weighted by molar-refractivity contribution is -0.118. The minimum atomic E-state index is -1.26. The Morgan fingerprint density at radius 3 is 2.65 bits per heavy atom. The Morgan fingerprint density at radius 1 is 1.47 bits per heavy atom. The zero-order valence-electron chi connectivity index (χ0n) is 9.08. The minimum absolute atomic E-state index is 0.214. The van der Waals surface area contributed by atoms with Crippen molar-refractivity contribution < 1.29 is 19.5 Å². The van der Waals surface area contributed by atoms with E-state index >= 15 is 0 Å². The Balaban J connectivity index is 3.04. The summed E-state index contributed by atoms with van der Waals surface area (Å²) in [5.74, 6) is -2.61. The molecular formula is C10H11N3O4. The molecule has 1 heterocycles. The maximum Gasteiger partial charge on any atom is 0.338 e. The van der Waals surface area contributed by atoms with Crippen molar-refractivity contribution in [3.05, 3.63) is 29.6 Å². The van der Waals surface area contributed by atoms with Gasteiger partial charge in [-0.05, 0) is 12.1 Å². The third-order valence-electron chi connectivity index (χ3n) is 1.98. The number of carbonyl (C=O) groups is 3. The quantitative estimate of drug-likeness (QED) is 0.721. The Labute approximate surface area is 96.9 Å². The number of carboxylic acid groups (broad SMARTS) is 1. The smallest absolute Gasteiger partial charge is 0.338 e. The number of carbonyl (C=O) groups excluding carboxylic acids is 2. The van der Waals surface area contributed by atoms with E-state index < -0.39 is 17.8 Å². The largest absolute Gasteiger partial charge is 0.478 e. The van der Waals surface area contributed by atoms with E-state index in [-0.39, 0.29) is 17.8 Å². The van der Waals surface area contributed by atoms with Crippen LogP contribution in [0.2, 0.25) is 0 Å². The summed E-state index contributed by atoms with van der Waals surface area (Å²) < 4.78 is 0. The molecule has 0 atom stereocenters. The van der Waals surface area contributed by atoms with Crippen LogP contribution < -0.4 is 5.73 Å². The highest BCUT2D eigenvalue weighted by molar-refractivity contribution is 6.03. The molecule has 0 aliphatic heterocycles. The van der Waals surface area contributed by atoms with Crippen LogP contribution in [0.25, 0.3) is 0 Å². The Hall–Kier alpha value is -2.44. The number of nitrogens with zero attached hydrogens (tertiary/aromatic N) is 2. The summed E-state index contributed by atoms with van der Waals surface area (Å²) in [6.45, 7) is -0.297. The lowest BCUT2D eigenvalue weighted by Gasteiger charge is -2.15. The summed E-state index contributed by atoms with van der Waals surface area (Å²) in [4.78, 5) is 38.0. The van der Waals surface area contributed by atoms with Crippen LogP contribution in [0.15, 0.2) is 18.3 Å². The van der Waals surface area contributed by atoms with E-state index in [4.69, 9.17) is 10.8 Å². The highest BCUT2D eigenvalue weighted by Crippen LogP contribution is 2.07. The molecular weight excluding hydrogens is 226 g/mol. The van der Waals surface area contributed by atoms with Crippen LogP contribution in [-0.2, 0) is 4.79 Å². The molecule has 0 aliphatic carbocycles. The number of amides is 2. The fourth-order valence-corrected chi connectivity index (χ4v) is 1.23. The van der Waals surface area contributed by atoms with E-state index in [1.807, 2.05) is 0 Å². The SMILES string of the molecule is CN(CC(N)=O)C(=O)c1ncccc1C(=O)O. The van der Waals surface area contributed by atoms with Crippen molar-refractivity contribution >= 4 is 17.8 Å². The summed E-state index contributed by atoms with van der Waals surface area (Å²) in [6.07, 6.45) is 1.30. The number of carboxylic acids is 1. The van der Waals surface area contributed by atoms with Crippen molar-refractivity contribution in [2.24, 2.45) is 5.73 Å². The maximum absolute atomic E-state index is 11.8. The van der Waals surface area contributed by atoms with E-state index in [0.29, 0.717) is 0 Å². The average Bonchev–Trinajstić information content (AvgIpc) is 2.27. The number of likely N-dealkylation sites (N-methyl/N-ethyl adjacent to an activating group) is 1. The molecule has 1 rings (SSSR count). The van der Waals surface area contributed by atoms with E-state index in [2.05, 4.69) is 4.98 Å². The second-order valence-corrected chi connectivity index (χ2v) is 3.33. The molecule has 1 aromatic rings. The van der Waals surface area contributed by atoms with Gasteiger partial charge in [-0.2, -0.15) is 0 Å². The fraction of sp³-hybridized carbons (Fsp3) is 0.200. The normalized spacial score (nSPS) is 9.71. The maximum atomic E-state index is 11.8. The van der Waals surface area contributed by atoms with Gasteiger partial charge in [-0.25, -0.2) is 4.79 Å². The summed E-state index contributed by atoms with van der Waals surface area (Å²) >= 11 is 0. The Kier molecular flexibility index (Phi) is 3.76. The van der Waals surface area contributed by atoms with E-state index in [1.54, 1.807) is 0 Å². The van der Waals surface area contributed by atoms with E-state index in [0.717, 1.165) is 4.90 Å². The lowest BCUT2D eigenvalue weighted by Crippen LogP contribution is -2.36. The summed E-state index contributed by atoms with van der Waals surface area (Å²) in [6, 6.07) is 2.68. The molecule has 90 valence electrons. The van der Waals surface area contributed by atoms with E-state index in [1.165, 1.54) is 25.4 Å². The fourth-order valence-electron chi connectivity index (χ4n) is 1.23. The highest BCUT2D eigenvalue weighted by Gasteiger charge is 2.21. The molecule has 17 heavy (non-hydrogen) atoms. The predicted molar refractivity (Wildman–Crippen MR) is 57.4 cm³/mol. The third kappa shape index (κ3) is 3.00. The van der Waals surface area contributed by atoms with Crippen LogP contribution in [0.1, 0.15) is 20.8 Å². The van der Waals surface area contributed by atoms with Crippen molar-refractivity contribution in [2.75, 3.05) is 13.6 Å². The molecule has 0 aliphatic rings. The second-order valence-electron chi connectivity index (χ2n) is 3.33. The summed E-state index contributed by atoms with van der Waals surface area (Å²) in [7, 11) is 1.34. The second kappa shape index (κ2) is 5.06. The van der Waals surface area contributed by atoms with Gasteiger partial charge in [0.05, 0.1) is 12.1 Å². The van der Waals surface area contributed by atoms with Crippen LogP contribution in [0.3, 0.4) is 0 Å². The van der Waals surface area contributed by atoms with Crippen LogP contribution in [0.4, 0.5) is 0 Å². The molecule has 7 nitrogen and oxygen atoms in total. The number of primary amides is 1.